The zero-order valence-electron chi connectivity index (χ0n) is 14.0. The smallest absolute Gasteiger partial charge is 0.307 e. The Morgan fingerprint density at radius 2 is 2.13 bits per heavy atom. The second kappa shape index (κ2) is 5.10. The monoisotopic (exact) mass is 312 g/mol. The van der Waals surface area contributed by atoms with E-state index in [9.17, 15) is 9.90 Å². The molecule has 0 radical (unpaired) electrons. The molecule has 122 valence electrons. The van der Waals surface area contributed by atoms with Crippen LogP contribution in [0, 0.1) is 5.92 Å². The van der Waals surface area contributed by atoms with Crippen LogP contribution in [-0.2, 0) is 11.2 Å². The van der Waals surface area contributed by atoms with Crippen molar-refractivity contribution in [3.05, 3.63) is 35.5 Å². The summed E-state index contributed by atoms with van der Waals surface area (Å²) in [4.78, 5) is 13.8. The molecule has 1 aromatic heterocycles. The second-order valence-corrected chi connectivity index (χ2v) is 7.49. The third-order valence-corrected chi connectivity index (χ3v) is 5.78. The number of aromatic nitrogens is 1. The molecule has 4 nitrogen and oxygen atoms in total. The fourth-order valence-electron chi connectivity index (χ4n) is 4.68. The van der Waals surface area contributed by atoms with E-state index in [0.29, 0.717) is 24.5 Å². The van der Waals surface area contributed by atoms with Crippen LogP contribution in [-0.4, -0.2) is 40.2 Å². The Bertz CT molecular complexity index is 777. The predicted molar refractivity (Wildman–Crippen MR) is 90.9 cm³/mol. The Morgan fingerprint density at radius 1 is 1.35 bits per heavy atom. The van der Waals surface area contributed by atoms with Gasteiger partial charge in [-0.25, -0.2) is 0 Å². The molecular formula is C19H24N2O2. The number of hydrogen-bond donors (Lipinski definition) is 1. The molecular weight excluding hydrogens is 288 g/mol. The summed E-state index contributed by atoms with van der Waals surface area (Å²) in [5.74, 6) is -0.590. The van der Waals surface area contributed by atoms with Crippen LogP contribution in [0.4, 0.5) is 0 Å². The van der Waals surface area contributed by atoms with Crippen LogP contribution in [0.2, 0.25) is 0 Å². The van der Waals surface area contributed by atoms with E-state index in [-0.39, 0.29) is 5.92 Å². The van der Waals surface area contributed by atoms with Crippen LogP contribution in [0.5, 0.6) is 0 Å². The van der Waals surface area contributed by atoms with E-state index in [1.54, 1.807) is 0 Å². The van der Waals surface area contributed by atoms with Gasteiger partial charge >= 0.3 is 5.97 Å². The number of likely N-dealkylation sites (tertiary alicyclic amines) is 1. The van der Waals surface area contributed by atoms with Gasteiger partial charge in [-0.1, -0.05) is 12.1 Å². The lowest BCUT2D eigenvalue weighted by Crippen LogP contribution is -2.49. The topological polar surface area (TPSA) is 45.5 Å². The highest BCUT2D eigenvalue weighted by Gasteiger charge is 2.41. The van der Waals surface area contributed by atoms with E-state index >= 15 is 0 Å². The van der Waals surface area contributed by atoms with Gasteiger partial charge in [-0.2, -0.15) is 0 Å². The van der Waals surface area contributed by atoms with Crippen LogP contribution in [0.3, 0.4) is 0 Å². The van der Waals surface area contributed by atoms with Gasteiger partial charge in [0, 0.05) is 41.6 Å². The predicted octanol–water partition coefficient (Wildman–Crippen LogP) is 3.27. The Morgan fingerprint density at radius 3 is 2.83 bits per heavy atom. The van der Waals surface area contributed by atoms with E-state index < -0.39 is 5.97 Å². The molecule has 3 unspecified atom stereocenters. The van der Waals surface area contributed by atoms with Crippen LogP contribution >= 0.6 is 0 Å². The summed E-state index contributed by atoms with van der Waals surface area (Å²) < 4.78 is 2.36. The summed E-state index contributed by atoms with van der Waals surface area (Å²) in [7, 11) is 2.08. The third kappa shape index (κ3) is 2.12. The molecule has 2 aliphatic rings. The van der Waals surface area contributed by atoms with Gasteiger partial charge < -0.3 is 14.6 Å². The van der Waals surface area contributed by atoms with Crippen molar-refractivity contribution < 1.29 is 9.90 Å². The molecule has 4 heteroatoms. The van der Waals surface area contributed by atoms with E-state index in [2.05, 4.69) is 54.8 Å². The average Bonchev–Trinajstić information content (AvgIpc) is 2.88. The number of aliphatic carboxylic acids is 1. The fourth-order valence-corrected chi connectivity index (χ4v) is 4.68. The van der Waals surface area contributed by atoms with Crippen LogP contribution in [0.15, 0.2) is 24.4 Å². The van der Waals surface area contributed by atoms with Crippen molar-refractivity contribution in [2.45, 2.75) is 44.7 Å². The Balaban J connectivity index is 1.87. The second-order valence-electron chi connectivity index (χ2n) is 7.49. The molecule has 1 saturated heterocycles. The van der Waals surface area contributed by atoms with Gasteiger partial charge in [0.25, 0.3) is 0 Å². The summed E-state index contributed by atoms with van der Waals surface area (Å²) in [5, 5.41) is 10.9. The molecule has 3 atom stereocenters. The number of likely N-dealkylation sites (N-methyl/N-ethyl adjacent to an activating group) is 1. The summed E-state index contributed by atoms with van der Waals surface area (Å²) >= 11 is 0. The quantitative estimate of drug-likeness (QED) is 0.926. The Kier molecular flexibility index (Phi) is 3.27. The van der Waals surface area contributed by atoms with E-state index in [1.165, 1.54) is 22.0 Å². The first-order valence-corrected chi connectivity index (χ1v) is 8.52. The zero-order valence-corrected chi connectivity index (χ0v) is 14.0. The maximum atomic E-state index is 11.5. The van der Waals surface area contributed by atoms with Gasteiger partial charge in [-0.3, -0.25) is 4.79 Å². The minimum atomic E-state index is -0.659. The molecule has 0 bridgehead atoms. The van der Waals surface area contributed by atoms with Crippen LogP contribution in [0.1, 0.15) is 43.4 Å². The number of carboxylic acid groups (broad SMARTS) is 1. The maximum Gasteiger partial charge on any atom is 0.307 e. The van der Waals surface area contributed by atoms with Gasteiger partial charge in [0.1, 0.15) is 0 Å². The molecule has 1 aromatic carbocycles. The number of carbonyl (C=O) groups is 1. The average molecular weight is 312 g/mol. The van der Waals surface area contributed by atoms with Crippen molar-refractivity contribution in [2.75, 3.05) is 13.6 Å². The lowest BCUT2D eigenvalue weighted by atomic mass is 9.72. The molecule has 1 aliphatic carbocycles. The van der Waals surface area contributed by atoms with E-state index in [1.807, 2.05) is 0 Å². The zero-order chi connectivity index (χ0) is 16.3. The Hall–Kier alpha value is -1.81. The maximum absolute atomic E-state index is 11.5. The van der Waals surface area contributed by atoms with E-state index in [4.69, 9.17) is 0 Å². The van der Waals surface area contributed by atoms with Crippen molar-refractivity contribution in [3.8, 4) is 0 Å². The lowest BCUT2D eigenvalue weighted by Gasteiger charge is -2.44. The molecule has 0 spiro atoms. The van der Waals surface area contributed by atoms with Gasteiger partial charge in [0.05, 0.1) is 5.92 Å². The highest BCUT2D eigenvalue weighted by molar-refractivity contribution is 5.89. The normalized spacial score (nSPS) is 27.4. The first-order chi connectivity index (χ1) is 11.0. The summed E-state index contributed by atoms with van der Waals surface area (Å²) in [6.45, 7) is 5.09. The number of rotatable bonds is 2. The number of nitrogens with zero attached hydrogens (tertiary/aromatic N) is 2. The molecule has 1 aliphatic heterocycles. The highest BCUT2D eigenvalue weighted by atomic mass is 16.4. The molecule has 0 amide bonds. The number of carboxylic acids is 1. The van der Waals surface area contributed by atoms with Crippen molar-refractivity contribution >= 4 is 16.9 Å². The molecule has 2 heterocycles. The summed E-state index contributed by atoms with van der Waals surface area (Å²) in [6.07, 6.45) is 4.10. The number of hydrogen-bond acceptors (Lipinski definition) is 2. The van der Waals surface area contributed by atoms with Crippen LogP contribution in [0.25, 0.3) is 10.9 Å². The largest absolute Gasteiger partial charge is 0.481 e. The number of piperidine rings is 1. The number of benzene rings is 1. The van der Waals surface area contributed by atoms with Crippen LogP contribution < -0.4 is 0 Å². The Labute approximate surface area is 136 Å². The van der Waals surface area contributed by atoms with Gasteiger partial charge in [-0.15, -0.1) is 0 Å². The van der Waals surface area contributed by atoms with Gasteiger partial charge in [-0.05, 0) is 50.9 Å². The van der Waals surface area contributed by atoms with Gasteiger partial charge in [0.2, 0.25) is 0 Å². The summed E-state index contributed by atoms with van der Waals surface area (Å²) in [6, 6.07) is 7.40. The van der Waals surface area contributed by atoms with Gasteiger partial charge in [0.15, 0.2) is 0 Å². The number of fused-ring (bicyclic) bond motifs is 2. The molecule has 1 N–H and O–H groups in total. The van der Waals surface area contributed by atoms with Crippen molar-refractivity contribution in [2.24, 2.45) is 5.92 Å². The van der Waals surface area contributed by atoms with E-state index in [0.717, 1.165) is 12.8 Å². The first kappa shape index (κ1) is 14.8. The molecule has 1 fully saturated rings. The molecule has 0 saturated carbocycles. The van der Waals surface area contributed by atoms with Crippen molar-refractivity contribution in [3.63, 3.8) is 0 Å². The third-order valence-electron chi connectivity index (χ3n) is 5.78. The minimum absolute atomic E-state index is 0.259. The first-order valence-electron chi connectivity index (χ1n) is 8.52. The molecule has 4 rings (SSSR count). The minimum Gasteiger partial charge on any atom is -0.481 e. The van der Waals surface area contributed by atoms with Crippen molar-refractivity contribution in [1.82, 2.24) is 9.47 Å². The van der Waals surface area contributed by atoms with Crippen molar-refractivity contribution in [1.29, 1.82) is 0 Å². The summed E-state index contributed by atoms with van der Waals surface area (Å²) in [5.41, 5.74) is 4.07. The SMILES string of the molecule is CC(C)n1cc2c3c(cccc31)C1CC(C(=O)O)CN(C)C1C2. The molecule has 23 heavy (non-hydrogen) atoms. The molecule has 2 aromatic rings. The fraction of sp³-hybridized carbons (Fsp3) is 0.526. The standard InChI is InChI=1S/C19H24N2O2/c1-11(2)21-10-12-8-17-15(7-13(19(22)23)9-20(17)3)14-5-4-6-16(21)18(12)14/h4-6,10-11,13,15,17H,7-9H2,1-3H3,(H,22,23). The lowest BCUT2D eigenvalue weighted by molar-refractivity contribution is -0.144. The highest BCUT2D eigenvalue weighted by Crippen LogP contribution is 2.45.